The number of amidine groups is 1. The van der Waals surface area contributed by atoms with Crippen molar-refractivity contribution < 1.29 is 5.11 Å². The molecule has 3 heterocycles. The zero-order valence-electron chi connectivity index (χ0n) is 11.2. The van der Waals surface area contributed by atoms with Crippen molar-refractivity contribution in [3.63, 3.8) is 0 Å². The van der Waals surface area contributed by atoms with Crippen molar-refractivity contribution >= 4 is 5.84 Å². The van der Waals surface area contributed by atoms with E-state index in [1.54, 1.807) is 18.3 Å². The van der Waals surface area contributed by atoms with Crippen LogP contribution in [-0.2, 0) is 5.60 Å². The second kappa shape index (κ2) is 5.02. The molecule has 20 heavy (non-hydrogen) atoms. The Bertz CT molecular complexity index is 641. The lowest BCUT2D eigenvalue weighted by atomic mass is 9.92. The first-order chi connectivity index (χ1) is 9.71. The molecule has 0 saturated heterocycles. The van der Waals surface area contributed by atoms with Crippen LogP contribution in [0.4, 0.5) is 0 Å². The number of aliphatic imine (C=N–C) groups is 1. The molecule has 2 aromatic rings. The first kappa shape index (κ1) is 12.7. The summed E-state index contributed by atoms with van der Waals surface area (Å²) >= 11 is 0. The number of hydrogen-bond acceptors (Lipinski definition) is 5. The molecule has 0 amide bonds. The molecule has 5 heteroatoms. The molecule has 5 nitrogen and oxygen atoms in total. The molecule has 2 N–H and O–H groups in total. The molecule has 0 spiro atoms. The average molecular weight is 268 g/mol. The standard InChI is InChI=1S/C15H16N4O/c1-11-5-4-7-13(19-11)15(20,14-17-9-10-18-14)12-6-2-3-8-16-12/h2-8,20H,9-10H2,1H3,(H,17,18). The molecule has 0 aromatic carbocycles. The fourth-order valence-electron chi connectivity index (χ4n) is 2.34. The van der Waals surface area contributed by atoms with Crippen LogP contribution in [-0.4, -0.2) is 34.0 Å². The summed E-state index contributed by atoms with van der Waals surface area (Å²) in [5, 5.41) is 14.4. The maximum Gasteiger partial charge on any atom is 0.206 e. The van der Waals surface area contributed by atoms with E-state index < -0.39 is 5.60 Å². The van der Waals surface area contributed by atoms with Gasteiger partial charge in [-0.3, -0.25) is 15.0 Å². The van der Waals surface area contributed by atoms with Crippen LogP contribution in [0.25, 0.3) is 0 Å². The maximum absolute atomic E-state index is 11.3. The monoisotopic (exact) mass is 268 g/mol. The Morgan fingerprint density at radius 1 is 1.15 bits per heavy atom. The van der Waals surface area contributed by atoms with Gasteiger partial charge in [0.2, 0.25) is 5.60 Å². The molecule has 1 aliphatic rings. The van der Waals surface area contributed by atoms with Gasteiger partial charge in [-0.05, 0) is 31.2 Å². The van der Waals surface area contributed by atoms with Crippen molar-refractivity contribution in [2.75, 3.05) is 13.1 Å². The minimum absolute atomic E-state index is 0.509. The van der Waals surface area contributed by atoms with Gasteiger partial charge < -0.3 is 10.4 Å². The summed E-state index contributed by atoms with van der Waals surface area (Å²) in [7, 11) is 0. The highest BCUT2D eigenvalue weighted by atomic mass is 16.3. The lowest BCUT2D eigenvalue weighted by molar-refractivity contribution is 0.142. The van der Waals surface area contributed by atoms with E-state index in [2.05, 4.69) is 20.3 Å². The van der Waals surface area contributed by atoms with Crippen LogP contribution in [0.2, 0.25) is 0 Å². The highest BCUT2D eigenvalue weighted by Gasteiger charge is 2.41. The molecule has 0 fully saturated rings. The van der Waals surface area contributed by atoms with Gasteiger partial charge in [0.15, 0.2) is 0 Å². The van der Waals surface area contributed by atoms with Gasteiger partial charge in [-0.1, -0.05) is 12.1 Å². The summed E-state index contributed by atoms with van der Waals surface area (Å²) in [5.41, 5.74) is 0.468. The summed E-state index contributed by atoms with van der Waals surface area (Å²) in [5.74, 6) is 0.509. The summed E-state index contributed by atoms with van der Waals surface area (Å²) in [6.07, 6.45) is 1.66. The predicted octanol–water partition coefficient (Wildman–Crippen LogP) is 1.02. The lowest BCUT2D eigenvalue weighted by Crippen LogP contribution is -2.44. The quantitative estimate of drug-likeness (QED) is 0.872. The van der Waals surface area contributed by atoms with E-state index in [0.29, 0.717) is 23.8 Å². The number of aliphatic hydroxyl groups is 1. The molecule has 3 rings (SSSR count). The van der Waals surface area contributed by atoms with Gasteiger partial charge in [0.1, 0.15) is 5.84 Å². The van der Waals surface area contributed by atoms with Crippen molar-refractivity contribution in [1.82, 2.24) is 15.3 Å². The number of aryl methyl sites for hydroxylation is 1. The molecule has 0 bridgehead atoms. The highest BCUT2D eigenvalue weighted by molar-refractivity contribution is 5.94. The van der Waals surface area contributed by atoms with Crippen molar-refractivity contribution in [2.45, 2.75) is 12.5 Å². The van der Waals surface area contributed by atoms with Crippen LogP contribution in [0.1, 0.15) is 17.1 Å². The fraction of sp³-hybridized carbons (Fsp3) is 0.267. The van der Waals surface area contributed by atoms with Gasteiger partial charge in [-0.15, -0.1) is 0 Å². The zero-order valence-corrected chi connectivity index (χ0v) is 11.2. The van der Waals surface area contributed by atoms with Crippen LogP contribution in [0.3, 0.4) is 0 Å². The number of nitrogens with zero attached hydrogens (tertiary/aromatic N) is 3. The SMILES string of the molecule is Cc1cccc(C(O)(C2=NCCN2)c2ccccn2)n1. The van der Waals surface area contributed by atoms with Gasteiger partial charge in [-0.25, -0.2) is 0 Å². The van der Waals surface area contributed by atoms with E-state index in [4.69, 9.17) is 0 Å². The molecular formula is C15H16N4O. The molecule has 1 aliphatic heterocycles. The summed E-state index contributed by atoms with van der Waals surface area (Å²) in [6, 6.07) is 11.0. The Labute approximate surface area is 117 Å². The van der Waals surface area contributed by atoms with Crippen LogP contribution in [0.5, 0.6) is 0 Å². The average Bonchev–Trinajstić information content (AvgIpc) is 3.02. The molecule has 0 radical (unpaired) electrons. The third-order valence-corrected chi connectivity index (χ3v) is 3.31. The Morgan fingerprint density at radius 3 is 2.65 bits per heavy atom. The predicted molar refractivity (Wildman–Crippen MR) is 76.5 cm³/mol. The van der Waals surface area contributed by atoms with E-state index in [0.717, 1.165) is 12.2 Å². The molecule has 102 valence electrons. The van der Waals surface area contributed by atoms with Gasteiger partial charge in [0.05, 0.1) is 17.9 Å². The number of hydrogen-bond donors (Lipinski definition) is 2. The van der Waals surface area contributed by atoms with Gasteiger partial charge in [0, 0.05) is 18.4 Å². The van der Waals surface area contributed by atoms with E-state index in [9.17, 15) is 5.11 Å². The number of aromatic nitrogens is 2. The molecule has 0 saturated carbocycles. The third kappa shape index (κ3) is 2.06. The van der Waals surface area contributed by atoms with Crippen molar-refractivity contribution in [3.8, 4) is 0 Å². The second-order valence-electron chi connectivity index (χ2n) is 4.75. The highest BCUT2D eigenvalue weighted by Crippen LogP contribution is 2.28. The number of nitrogens with one attached hydrogen (secondary N) is 1. The topological polar surface area (TPSA) is 70.4 Å². The summed E-state index contributed by atoms with van der Waals surface area (Å²) in [4.78, 5) is 13.1. The minimum Gasteiger partial charge on any atom is -0.371 e. The maximum atomic E-state index is 11.3. The number of pyridine rings is 2. The lowest BCUT2D eigenvalue weighted by Gasteiger charge is -2.27. The van der Waals surface area contributed by atoms with Crippen molar-refractivity contribution in [1.29, 1.82) is 0 Å². The molecule has 0 aliphatic carbocycles. The molecule has 2 aromatic heterocycles. The van der Waals surface area contributed by atoms with Crippen LogP contribution < -0.4 is 5.32 Å². The molecular weight excluding hydrogens is 252 g/mol. The van der Waals surface area contributed by atoms with Gasteiger partial charge in [0.25, 0.3) is 0 Å². The number of rotatable bonds is 3. The van der Waals surface area contributed by atoms with Crippen LogP contribution in [0.15, 0.2) is 47.6 Å². The zero-order chi connectivity index (χ0) is 14.0. The Kier molecular flexibility index (Phi) is 3.20. The third-order valence-electron chi connectivity index (χ3n) is 3.31. The Balaban J connectivity index is 2.18. The van der Waals surface area contributed by atoms with E-state index >= 15 is 0 Å². The molecule has 1 unspecified atom stereocenters. The largest absolute Gasteiger partial charge is 0.371 e. The first-order valence-electron chi connectivity index (χ1n) is 6.58. The minimum atomic E-state index is -1.43. The normalized spacial score (nSPS) is 17.2. The summed E-state index contributed by atoms with van der Waals surface area (Å²) in [6.45, 7) is 3.26. The second-order valence-corrected chi connectivity index (χ2v) is 4.75. The summed E-state index contributed by atoms with van der Waals surface area (Å²) < 4.78 is 0. The smallest absolute Gasteiger partial charge is 0.206 e. The van der Waals surface area contributed by atoms with E-state index in [-0.39, 0.29) is 0 Å². The van der Waals surface area contributed by atoms with Gasteiger partial charge >= 0.3 is 0 Å². The van der Waals surface area contributed by atoms with Crippen LogP contribution in [0, 0.1) is 6.92 Å². The van der Waals surface area contributed by atoms with Crippen molar-refractivity contribution in [3.05, 3.63) is 59.7 Å². The van der Waals surface area contributed by atoms with Crippen LogP contribution >= 0.6 is 0 Å². The van der Waals surface area contributed by atoms with E-state index in [1.807, 2.05) is 31.2 Å². The Morgan fingerprint density at radius 2 is 2.00 bits per heavy atom. The molecule has 1 atom stereocenters. The first-order valence-corrected chi connectivity index (χ1v) is 6.58. The van der Waals surface area contributed by atoms with Crippen molar-refractivity contribution in [2.24, 2.45) is 4.99 Å². The van der Waals surface area contributed by atoms with E-state index in [1.165, 1.54) is 0 Å². The Hall–Kier alpha value is -2.27. The fourth-order valence-corrected chi connectivity index (χ4v) is 2.34. The van der Waals surface area contributed by atoms with Gasteiger partial charge in [-0.2, -0.15) is 0 Å².